The van der Waals surface area contributed by atoms with Crippen LogP contribution in [0, 0.1) is 6.92 Å². The van der Waals surface area contributed by atoms with E-state index in [-0.39, 0.29) is 5.91 Å². The summed E-state index contributed by atoms with van der Waals surface area (Å²) in [6.07, 6.45) is 3.02. The Kier molecular flexibility index (Phi) is 3.51. The zero-order valence-electron chi connectivity index (χ0n) is 11.5. The number of benzene rings is 2. The molecule has 0 unspecified atom stereocenters. The van der Waals surface area contributed by atoms with E-state index in [1.165, 1.54) is 6.21 Å². The lowest BCUT2D eigenvalue weighted by Gasteiger charge is -2.08. The van der Waals surface area contributed by atoms with E-state index in [9.17, 15) is 4.79 Å². The van der Waals surface area contributed by atoms with Crippen LogP contribution < -0.4 is 5.43 Å². The van der Waals surface area contributed by atoms with Crippen molar-refractivity contribution in [3.05, 3.63) is 71.7 Å². The molecule has 4 nitrogen and oxygen atoms in total. The van der Waals surface area contributed by atoms with Crippen LogP contribution in [-0.4, -0.2) is 12.1 Å². The van der Waals surface area contributed by atoms with Gasteiger partial charge in [-0.05, 0) is 35.4 Å². The first kappa shape index (κ1) is 13.1. The molecule has 2 aromatic carbocycles. The molecule has 0 spiro atoms. The summed E-state index contributed by atoms with van der Waals surface area (Å²) in [7, 11) is 0. The van der Waals surface area contributed by atoms with Gasteiger partial charge >= 0.3 is 0 Å². The Hall–Kier alpha value is -2.88. The van der Waals surface area contributed by atoms with Crippen LogP contribution in [0.4, 0.5) is 0 Å². The maximum absolute atomic E-state index is 12.4. The molecule has 0 bridgehead atoms. The fraction of sp³-hybridized carbons (Fsp3) is 0.0588. The van der Waals surface area contributed by atoms with E-state index in [4.69, 9.17) is 4.42 Å². The third-order valence-electron chi connectivity index (χ3n) is 3.27. The van der Waals surface area contributed by atoms with Crippen LogP contribution in [0.25, 0.3) is 10.8 Å². The van der Waals surface area contributed by atoms with Gasteiger partial charge in [0.1, 0.15) is 5.76 Å². The zero-order valence-corrected chi connectivity index (χ0v) is 11.5. The van der Waals surface area contributed by atoms with Crippen molar-refractivity contribution in [1.29, 1.82) is 0 Å². The Morgan fingerprint density at radius 3 is 2.81 bits per heavy atom. The average molecular weight is 278 g/mol. The summed E-state index contributed by atoms with van der Waals surface area (Å²) in [5.74, 6) is 0.358. The number of hydrazone groups is 1. The molecule has 1 aromatic heterocycles. The first-order valence-corrected chi connectivity index (χ1v) is 6.61. The van der Waals surface area contributed by atoms with E-state index < -0.39 is 0 Å². The fourth-order valence-corrected chi connectivity index (χ4v) is 2.26. The molecule has 3 rings (SSSR count). The van der Waals surface area contributed by atoms with Crippen molar-refractivity contribution in [3.63, 3.8) is 0 Å². The smallest absolute Gasteiger partial charge is 0.272 e. The summed E-state index contributed by atoms with van der Waals surface area (Å²) in [4.78, 5) is 12.4. The van der Waals surface area contributed by atoms with E-state index in [2.05, 4.69) is 10.5 Å². The Bertz CT molecular complexity index is 805. The van der Waals surface area contributed by atoms with Crippen molar-refractivity contribution >= 4 is 22.9 Å². The molecule has 1 N–H and O–H groups in total. The first-order valence-electron chi connectivity index (χ1n) is 6.61. The predicted molar refractivity (Wildman–Crippen MR) is 82.5 cm³/mol. The number of rotatable bonds is 3. The molecule has 0 saturated carbocycles. The highest BCUT2D eigenvalue weighted by molar-refractivity contribution is 6.08. The van der Waals surface area contributed by atoms with E-state index in [0.717, 1.165) is 16.3 Å². The highest BCUT2D eigenvalue weighted by Gasteiger charge is 2.12. The lowest BCUT2D eigenvalue weighted by Crippen LogP contribution is -2.19. The van der Waals surface area contributed by atoms with Crippen LogP contribution in [0.5, 0.6) is 0 Å². The summed E-state index contributed by atoms with van der Waals surface area (Å²) in [5, 5.41) is 5.87. The monoisotopic (exact) mass is 278 g/mol. The van der Waals surface area contributed by atoms with Gasteiger partial charge in [-0.2, -0.15) is 5.10 Å². The van der Waals surface area contributed by atoms with Gasteiger partial charge in [0.25, 0.3) is 5.91 Å². The van der Waals surface area contributed by atoms with Crippen molar-refractivity contribution in [2.45, 2.75) is 6.92 Å². The van der Waals surface area contributed by atoms with Gasteiger partial charge in [-0.1, -0.05) is 36.4 Å². The van der Waals surface area contributed by atoms with Crippen molar-refractivity contribution in [2.75, 3.05) is 0 Å². The minimum atomic E-state index is -0.230. The topological polar surface area (TPSA) is 54.6 Å². The van der Waals surface area contributed by atoms with Crippen molar-refractivity contribution in [2.24, 2.45) is 5.10 Å². The van der Waals surface area contributed by atoms with Gasteiger partial charge in [-0.15, -0.1) is 0 Å². The molecule has 0 aliphatic carbocycles. The maximum atomic E-state index is 12.4. The largest absolute Gasteiger partial charge is 0.463 e. The van der Waals surface area contributed by atoms with Crippen LogP contribution in [0.3, 0.4) is 0 Å². The van der Waals surface area contributed by atoms with Gasteiger partial charge in [0, 0.05) is 0 Å². The van der Waals surface area contributed by atoms with Gasteiger partial charge in [-0.25, -0.2) is 5.43 Å². The zero-order chi connectivity index (χ0) is 14.7. The summed E-state index contributed by atoms with van der Waals surface area (Å²) >= 11 is 0. The van der Waals surface area contributed by atoms with Crippen molar-refractivity contribution < 1.29 is 9.21 Å². The number of aryl methyl sites for hydroxylation is 1. The lowest BCUT2D eigenvalue weighted by molar-refractivity contribution is 0.0956. The molecule has 0 fully saturated rings. The normalized spacial score (nSPS) is 11.1. The maximum Gasteiger partial charge on any atom is 0.272 e. The molecule has 3 aromatic rings. The van der Waals surface area contributed by atoms with Gasteiger partial charge in [-0.3, -0.25) is 4.79 Å². The summed E-state index contributed by atoms with van der Waals surface area (Å²) in [6, 6.07) is 15.3. The van der Waals surface area contributed by atoms with E-state index in [0.29, 0.717) is 11.3 Å². The number of nitrogens with zero attached hydrogens (tertiary/aromatic N) is 1. The Morgan fingerprint density at radius 2 is 2.00 bits per heavy atom. The quantitative estimate of drug-likeness (QED) is 0.589. The Labute approximate surface area is 122 Å². The second-order valence-corrected chi connectivity index (χ2v) is 4.69. The first-order chi connectivity index (χ1) is 10.3. The third-order valence-corrected chi connectivity index (χ3v) is 3.27. The molecule has 1 amide bonds. The summed E-state index contributed by atoms with van der Waals surface area (Å²) in [5.41, 5.74) is 4.10. The SMILES string of the molecule is Cc1ccc2ccccc2c1C(=O)N/N=C\c1ccco1. The van der Waals surface area contributed by atoms with Crippen LogP contribution in [0.1, 0.15) is 21.7 Å². The van der Waals surface area contributed by atoms with Crippen molar-refractivity contribution in [1.82, 2.24) is 5.43 Å². The van der Waals surface area contributed by atoms with Gasteiger partial charge in [0.2, 0.25) is 0 Å². The summed E-state index contributed by atoms with van der Waals surface area (Å²) in [6.45, 7) is 1.91. The molecular formula is C17H14N2O2. The number of furan rings is 1. The lowest BCUT2D eigenvalue weighted by atomic mass is 9.99. The van der Waals surface area contributed by atoms with Crippen LogP contribution in [0.2, 0.25) is 0 Å². The standard InChI is InChI=1S/C17H14N2O2/c1-12-8-9-13-5-2-3-7-15(13)16(12)17(20)19-18-11-14-6-4-10-21-14/h2-11H,1H3,(H,19,20)/b18-11-. The predicted octanol–water partition coefficient (Wildman–Crippen LogP) is 3.51. The molecular weight excluding hydrogens is 264 g/mol. The molecule has 4 heteroatoms. The molecule has 0 radical (unpaired) electrons. The Balaban J connectivity index is 1.89. The second kappa shape index (κ2) is 5.63. The molecule has 0 aliphatic heterocycles. The van der Waals surface area contributed by atoms with E-state index in [1.54, 1.807) is 18.4 Å². The number of hydrogen-bond donors (Lipinski definition) is 1. The number of nitrogens with one attached hydrogen (secondary N) is 1. The average Bonchev–Trinajstić information content (AvgIpc) is 3.00. The second-order valence-electron chi connectivity index (χ2n) is 4.69. The number of amides is 1. The van der Waals surface area contributed by atoms with Crippen molar-refractivity contribution in [3.8, 4) is 0 Å². The van der Waals surface area contributed by atoms with E-state index in [1.807, 2.05) is 43.3 Å². The molecule has 0 atom stereocenters. The minimum Gasteiger partial charge on any atom is -0.463 e. The highest BCUT2D eigenvalue weighted by Crippen LogP contribution is 2.21. The van der Waals surface area contributed by atoms with Crippen LogP contribution in [-0.2, 0) is 0 Å². The van der Waals surface area contributed by atoms with Crippen LogP contribution >= 0.6 is 0 Å². The number of fused-ring (bicyclic) bond motifs is 1. The molecule has 0 aliphatic rings. The third kappa shape index (κ3) is 2.69. The summed E-state index contributed by atoms with van der Waals surface area (Å²) < 4.78 is 5.11. The van der Waals surface area contributed by atoms with Gasteiger partial charge in [0.05, 0.1) is 18.0 Å². The van der Waals surface area contributed by atoms with Crippen LogP contribution in [0.15, 0.2) is 64.3 Å². The molecule has 104 valence electrons. The van der Waals surface area contributed by atoms with Gasteiger partial charge < -0.3 is 4.42 Å². The Morgan fingerprint density at radius 1 is 1.14 bits per heavy atom. The molecule has 1 heterocycles. The van der Waals surface area contributed by atoms with Gasteiger partial charge in [0.15, 0.2) is 0 Å². The molecule has 0 saturated heterocycles. The molecule has 21 heavy (non-hydrogen) atoms. The minimum absolute atomic E-state index is 0.230. The number of carbonyl (C=O) groups is 1. The van der Waals surface area contributed by atoms with E-state index >= 15 is 0 Å². The number of carbonyl (C=O) groups excluding carboxylic acids is 1. The highest BCUT2D eigenvalue weighted by atomic mass is 16.3. The fourth-order valence-electron chi connectivity index (χ4n) is 2.26. The number of hydrogen-bond acceptors (Lipinski definition) is 3.